The Labute approximate surface area is 309 Å². The number of aromatic nitrogens is 4. The van der Waals surface area contributed by atoms with Gasteiger partial charge in [0.05, 0.1) is 41.1 Å². The van der Waals surface area contributed by atoms with Crippen LogP contribution in [-0.4, -0.2) is 114 Å². The Kier molecular flexibility index (Phi) is 12.0. The van der Waals surface area contributed by atoms with Gasteiger partial charge in [-0.05, 0) is 101 Å². The predicted molar refractivity (Wildman–Crippen MR) is 208 cm³/mol. The molecule has 0 saturated carbocycles. The van der Waals surface area contributed by atoms with Gasteiger partial charge < -0.3 is 19.6 Å². The number of hydrogen-bond acceptors (Lipinski definition) is 12. The Balaban J connectivity index is 0.000000183. The highest BCUT2D eigenvalue weighted by Crippen LogP contribution is 2.29. The van der Waals surface area contributed by atoms with E-state index >= 15 is 0 Å². The molecule has 1 N–H and O–H groups in total. The predicted octanol–water partition coefficient (Wildman–Crippen LogP) is 5.32. The highest BCUT2D eigenvalue weighted by atomic mass is 32.2. The topological polar surface area (TPSA) is 128 Å². The second-order valence-corrected chi connectivity index (χ2v) is 14.4. The molecule has 5 heterocycles. The number of amides is 2. The van der Waals surface area contributed by atoms with E-state index in [4.69, 9.17) is 9.97 Å². The maximum absolute atomic E-state index is 11.9. The normalized spacial score (nSPS) is 18.0. The lowest BCUT2D eigenvalue weighted by Crippen LogP contribution is -2.29. The second-order valence-electron chi connectivity index (χ2n) is 13.4. The molecule has 12 nitrogen and oxygen atoms in total. The van der Waals surface area contributed by atoms with Crippen LogP contribution in [-0.2, 0) is 4.79 Å². The number of benzene rings is 2. The number of thioether (sulfide) groups is 1. The molecule has 0 bridgehead atoms. The van der Waals surface area contributed by atoms with Crippen LogP contribution in [0, 0.1) is 13.8 Å². The van der Waals surface area contributed by atoms with Crippen LogP contribution in [0.25, 0.3) is 28.6 Å². The summed E-state index contributed by atoms with van der Waals surface area (Å²) in [6, 6.07) is 11.8. The molecule has 7 rings (SSSR count). The molecule has 2 amide bonds. The maximum Gasteiger partial charge on any atom is 0.290 e. The Bertz CT molecular complexity index is 1970. The molecular formula is C39H45N9O3S. The number of imide groups is 1. The van der Waals surface area contributed by atoms with E-state index in [-0.39, 0.29) is 11.1 Å². The van der Waals surface area contributed by atoms with Crippen LogP contribution in [0.5, 0.6) is 0 Å². The van der Waals surface area contributed by atoms with Crippen LogP contribution in [0.4, 0.5) is 16.4 Å². The molecule has 4 aromatic rings. The molecule has 3 aliphatic rings. The zero-order valence-corrected chi connectivity index (χ0v) is 31.0. The third-order valence-electron chi connectivity index (χ3n) is 9.54. The molecule has 0 atom stereocenters. The van der Waals surface area contributed by atoms with Gasteiger partial charge in [-0.3, -0.25) is 29.7 Å². The second kappa shape index (κ2) is 17.0. The summed E-state index contributed by atoms with van der Waals surface area (Å²) < 4.78 is 0. The number of aryl methyl sites for hydroxylation is 2. The van der Waals surface area contributed by atoms with Gasteiger partial charge >= 0.3 is 0 Å². The van der Waals surface area contributed by atoms with Crippen molar-refractivity contribution in [3.8, 4) is 22.5 Å². The Morgan fingerprint density at radius 1 is 0.673 bits per heavy atom. The molecule has 2 aromatic heterocycles. The zero-order valence-electron chi connectivity index (χ0n) is 30.2. The Morgan fingerprint density at radius 2 is 1.19 bits per heavy atom. The van der Waals surface area contributed by atoms with E-state index in [1.54, 1.807) is 18.5 Å². The fraction of sp³-hybridized carbons (Fsp3) is 0.359. The molecular weight excluding hydrogens is 675 g/mol. The summed E-state index contributed by atoms with van der Waals surface area (Å²) in [7, 11) is 4.29. The first-order chi connectivity index (χ1) is 25.2. The van der Waals surface area contributed by atoms with Crippen molar-refractivity contribution in [2.75, 3.05) is 76.3 Å². The van der Waals surface area contributed by atoms with Crippen molar-refractivity contribution in [1.82, 2.24) is 35.1 Å². The summed E-state index contributed by atoms with van der Waals surface area (Å²) in [6.45, 7) is 12.0. The van der Waals surface area contributed by atoms with Crippen molar-refractivity contribution >= 4 is 46.9 Å². The number of nitrogens with one attached hydrogen (secondary N) is 1. The summed E-state index contributed by atoms with van der Waals surface area (Å²) in [5.41, 5.74) is 7.04. The fourth-order valence-corrected chi connectivity index (χ4v) is 6.96. The maximum atomic E-state index is 11.9. The van der Waals surface area contributed by atoms with E-state index in [1.807, 2.05) is 62.6 Å². The lowest BCUT2D eigenvalue weighted by molar-refractivity contribution is -0.115. The number of anilines is 2. The number of nitrogens with zero attached hydrogens (tertiary/aromatic N) is 8. The lowest BCUT2D eigenvalue weighted by Gasteiger charge is -2.21. The van der Waals surface area contributed by atoms with Gasteiger partial charge in [0.15, 0.2) is 0 Å². The number of aldehydes is 1. The number of carbonyl (C=O) groups excluding carboxylic acids is 3. The molecule has 0 aliphatic carbocycles. The van der Waals surface area contributed by atoms with Crippen LogP contribution in [0.3, 0.4) is 0 Å². The molecule has 13 heteroatoms. The van der Waals surface area contributed by atoms with Crippen molar-refractivity contribution in [3.05, 3.63) is 88.3 Å². The molecule has 3 fully saturated rings. The van der Waals surface area contributed by atoms with E-state index in [1.165, 1.54) is 0 Å². The summed E-state index contributed by atoms with van der Waals surface area (Å²) in [4.78, 5) is 62.5. The van der Waals surface area contributed by atoms with Gasteiger partial charge in [0, 0.05) is 56.0 Å². The van der Waals surface area contributed by atoms with Crippen LogP contribution in [0.2, 0.25) is 0 Å². The molecule has 52 heavy (non-hydrogen) atoms. The van der Waals surface area contributed by atoms with Gasteiger partial charge in [-0.25, -0.2) is 9.97 Å². The van der Waals surface area contributed by atoms with E-state index in [0.29, 0.717) is 10.5 Å². The van der Waals surface area contributed by atoms with Crippen molar-refractivity contribution in [2.24, 2.45) is 0 Å². The molecule has 3 saturated heterocycles. The zero-order chi connectivity index (χ0) is 36.6. The molecule has 0 unspecified atom stereocenters. The lowest BCUT2D eigenvalue weighted by atomic mass is 10.0. The first-order valence-corrected chi connectivity index (χ1v) is 18.4. The third kappa shape index (κ3) is 9.27. The van der Waals surface area contributed by atoms with Crippen LogP contribution >= 0.6 is 11.8 Å². The van der Waals surface area contributed by atoms with Gasteiger partial charge in [-0.2, -0.15) is 0 Å². The molecule has 0 spiro atoms. The third-order valence-corrected chi connectivity index (χ3v) is 10.3. The average Bonchev–Trinajstić information content (AvgIpc) is 3.30. The standard InChI is InChI=1S/C21H23N5O2S.C18H22N4O/c1-14-4-5-15(10-16(14)11-18-20(27)24-21(28)29-18)17-12-22-13-19(23-17)26-7-3-6-25(2)8-9-26;1-14-4-5-15(10-16(14)13-23)17-11-19-12-18(20-17)22-7-3-6-21(2)8-9-22/h4-5,10-13H,3,6-9H2,1-2H3,(H,24,27,28);4-5,10-13H,3,6-9H2,1-2H3/b18-11-;. The summed E-state index contributed by atoms with van der Waals surface area (Å²) in [5, 5.41) is 1.95. The van der Waals surface area contributed by atoms with E-state index < -0.39 is 0 Å². The number of rotatable bonds is 6. The van der Waals surface area contributed by atoms with Crippen molar-refractivity contribution in [1.29, 1.82) is 0 Å². The van der Waals surface area contributed by atoms with E-state index in [9.17, 15) is 14.4 Å². The minimum atomic E-state index is -0.349. The monoisotopic (exact) mass is 719 g/mol. The smallest absolute Gasteiger partial charge is 0.290 e. The summed E-state index contributed by atoms with van der Waals surface area (Å²) >= 11 is 0.925. The number of hydrogen-bond donors (Lipinski definition) is 1. The minimum absolute atomic E-state index is 0.336. The fourth-order valence-electron chi connectivity index (χ4n) is 6.29. The van der Waals surface area contributed by atoms with E-state index in [0.717, 1.165) is 134 Å². The highest BCUT2D eigenvalue weighted by Gasteiger charge is 2.25. The molecule has 3 aliphatic heterocycles. The Morgan fingerprint density at radius 3 is 1.69 bits per heavy atom. The van der Waals surface area contributed by atoms with Gasteiger partial charge in [0.1, 0.15) is 17.9 Å². The van der Waals surface area contributed by atoms with Gasteiger partial charge in [0.2, 0.25) is 0 Å². The number of carbonyl (C=O) groups is 3. The highest BCUT2D eigenvalue weighted by molar-refractivity contribution is 8.18. The van der Waals surface area contributed by atoms with Gasteiger partial charge in [0.25, 0.3) is 11.1 Å². The molecule has 0 radical (unpaired) electrons. The molecule has 270 valence electrons. The largest absolute Gasteiger partial charge is 0.354 e. The first-order valence-electron chi connectivity index (χ1n) is 17.6. The molecule has 2 aromatic carbocycles. The van der Waals surface area contributed by atoms with Crippen LogP contribution < -0.4 is 15.1 Å². The summed E-state index contributed by atoms with van der Waals surface area (Å²) in [5.74, 6) is 1.44. The SMILES string of the molecule is Cc1ccc(-c2cncc(N3CCCN(C)CC3)n2)cc1/C=C1\SC(=O)NC1=O.Cc1ccc(-c2cncc(N3CCCN(C)CC3)n2)cc1C=O. The Hall–Kier alpha value is -4.98. The van der Waals surface area contributed by atoms with E-state index in [2.05, 4.69) is 49.0 Å². The van der Waals surface area contributed by atoms with Crippen LogP contribution in [0.15, 0.2) is 66.1 Å². The van der Waals surface area contributed by atoms with Gasteiger partial charge in [-0.15, -0.1) is 0 Å². The van der Waals surface area contributed by atoms with Crippen LogP contribution in [0.1, 0.15) is 39.9 Å². The summed E-state index contributed by atoms with van der Waals surface area (Å²) in [6.07, 6.45) is 12.0. The van der Waals surface area contributed by atoms with Crippen molar-refractivity contribution in [2.45, 2.75) is 26.7 Å². The van der Waals surface area contributed by atoms with Gasteiger partial charge in [-0.1, -0.05) is 24.3 Å². The van der Waals surface area contributed by atoms with Crippen molar-refractivity contribution < 1.29 is 14.4 Å². The average molecular weight is 720 g/mol. The first kappa shape index (κ1) is 36.8. The quantitative estimate of drug-likeness (QED) is 0.205. The number of likely N-dealkylation sites (N-methyl/N-ethyl adjacent to an activating group) is 2. The minimum Gasteiger partial charge on any atom is -0.354 e. The van der Waals surface area contributed by atoms with Crippen molar-refractivity contribution in [3.63, 3.8) is 0 Å².